The molecule has 3 rings (SSSR count). The summed E-state index contributed by atoms with van der Waals surface area (Å²) in [5, 5.41) is 0. The van der Waals surface area contributed by atoms with Crippen LogP contribution in [0.2, 0.25) is 0 Å². The molecular formula is C17H17BrI2N2. The quantitative estimate of drug-likeness (QED) is 0.456. The van der Waals surface area contributed by atoms with Crippen LogP contribution in [0.4, 0.5) is 0 Å². The van der Waals surface area contributed by atoms with E-state index in [9.17, 15) is 0 Å². The molecule has 2 aromatic carbocycles. The van der Waals surface area contributed by atoms with Crippen molar-refractivity contribution in [1.82, 2.24) is 9.80 Å². The third kappa shape index (κ3) is 5.13. The van der Waals surface area contributed by atoms with E-state index in [-0.39, 0.29) is 17.0 Å². The summed E-state index contributed by atoms with van der Waals surface area (Å²) in [6.07, 6.45) is 4.37. The van der Waals surface area contributed by atoms with E-state index in [1.807, 2.05) is 0 Å². The van der Waals surface area contributed by atoms with E-state index >= 15 is 0 Å². The molecule has 1 aliphatic rings. The summed E-state index contributed by atoms with van der Waals surface area (Å²) in [6, 6.07) is 17.5. The first-order valence-electron chi connectivity index (χ1n) is 6.84. The standard InChI is InChI=1S/C17H16I2N2.BrH/c18-16-5-1-14(2-6-16)11-20-9-10-21(13-20)12-15-3-7-17(19)8-4-15;/h1-10H,11-13H2;1H. The van der Waals surface area contributed by atoms with E-state index in [2.05, 4.69) is 116 Å². The van der Waals surface area contributed by atoms with Gasteiger partial charge in [0.05, 0.1) is 6.67 Å². The van der Waals surface area contributed by atoms with Crippen LogP contribution in [0.25, 0.3) is 0 Å². The molecule has 0 unspecified atom stereocenters. The van der Waals surface area contributed by atoms with E-state index in [4.69, 9.17) is 0 Å². The van der Waals surface area contributed by atoms with Crippen LogP contribution in [0.15, 0.2) is 60.9 Å². The van der Waals surface area contributed by atoms with Crippen LogP contribution in [0.5, 0.6) is 0 Å². The van der Waals surface area contributed by atoms with Gasteiger partial charge in [-0.2, -0.15) is 0 Å². The van der Waals surface area contributed by atoms with E-state index in [1.54, 1.807) is 0 Å². The van der Waals surface area contributed by atoms with Gasteiger partial charge in [0.15, 0.2) is 0 Å². The topological polar surface area (TPSA) is 6.48 Å². The van der Waals surface area contributed by atoms with Crippen molar-refractivity contribution in [3.8, 4) is 0 Å². The molecule has 1 heterocycles. The zero-order valence-corrected chi connectivity index (χ0v) is 18.0. The van der Waals surface area contributed by atoms with Crippen molar-refractivity contribution < 1.29 is 0 Å². The number of rotatable bonds is 4. The molecule has 116 valence electrons. The van der Waals surface area contributed by atoms with Crippen LogP contribution < -0.4 is 0 Å². The molecule has 22 heavy (non-hydrogen) atoms. The molecule has 0 saturated carbocycles. The van der Waals surface area contributed by atoms with Gasteiger partial charge in [0.1, 0.15) is 0 Å². The highest BCUT2D eigenvalue weighted by Gasteiger charge is 2.12. The normalized spacial score (nSPS) is 13.4. The number of hydrogen-bond donors (Lipinski definition) is 0. The number of hydrogen-bond acceptors (Lipinski definition) is 2. The Labute approximate surface area is 169 Å². The lowest BCUT2D eigenvalue weighted by atomic mass is 10.2. The second-order valence-corrected chi connectivity index (χ2v) is 7.68. The first-order valence-corrected chi connectivity index (χ1v) is 9.00. The Morgan fingerprint density at radius 2 is 1.05 bits per heavy atom. The summed E-state index contributed by atoms with van der Waals surface area (Å²) in [5.74, 6) is 0. The van der Waals surface area contributed by atoms with Crippen molar-refractivity contribution in [2.24, 2.45) is 0 Å². The SMILES string of the molecule is Br.Ic1ccc(CN2C=CN(Cc3ccc(I)cc3)C2)cc1. The molecule has 0 bridgehead atoms. The molecule has 0 aliphatic carbocycles. The summed E-state index contributed by atoms with van der Waals surface area (Å²) in [4.78, 5) is 4.68. The largest absolute Gasteiger partial charge is 0.354 e. The highest BCUT2D eigenvalue weighted by Crippen LogP contribution is 2.16. The molecule has 5 heteroatoms. The Balaban J connectivity index is 0.00000176. The first-order chi connectivity index (χ1) is 10.2. The maximum absolute atomic E-state index is 2.34. The molecule has 0 N–H and O–H groups in total. The lowest BCUT2D eigenvalue weighted by molar-refractivity contribution is 0.255. The van der Waals surface area contributed by atoms with Gasteiger partial charge in [-0.25, -0.2) is 0 Å². The number of nitrogens with zero attached hydrogens (tertiary/aromatic N) is 2. The Kier molecular flexibility index (Phi) is 7.01. The van der Waals surface area contributed by atoms with Crippen LogP contribution in [0.1, 0.15) is 11.1 Å². The van der Waals surface area contributed by atoms with Gasteiger partial charge in [-0.15, -0.1) is 17.0 Å². The maximum atomic E-state index is 2.34. The van der Waals surface area contributed by atoms with Crippen molar-refractivity contribution in [2.75, 3.05) is 6.67 Å². The van der Waals surface area contributed by atoms with Crippen molar-refractivity contribution in [3.05, 3.63) is 79.2 Å². The van der Waals surface area contributed by atoms with Gasteiger partial charge in [0, 0.05) is 32.6 Å². The van der Waals surface area contributed by atoms with Gasteiger partial charge in [0.2, 0.25) is 0 Å². The third-order valence-corrected chi connectivity index (χ3v) is 4.89. The Bertz CT molecular complexity index is 571. The molecule has 2 aromatic rings. The van der Waals surface area contributed by atoms with Crippen molar-refractivity contribution in [3.63, 3.8) is 0 Å². The molecule has 0 spiro atoms. The predicted octanol–water partition coefficient (Wildman–Crippen LogP) is 5.22. The fraction of sp³-hybridized carbons (Fsp3) is 0.176. The Morgan fingerprint density at radius 1 is 0.682 bits per heavy atom. The van der Waals surface area contributed by atoms with Crippen molar-refractivity contribution in [1.29, 1.82) is 0 Å². The van der Waals surface area contributed by atoms with Crippen LogP contribution in [0, 0.1) is 7.14 Å². The summed E-state index contributed by atoms with van der Waals surface area (Å²) in [6.45, 7) is 2.89. The second kappa shape index (κ2) is 8.54. The van der Waals surface area contributed by atoms with Gasteiger partial charge in [-0.3, -0.25) is 0 Å². The summed E-state index contributed by atoms with van der Waals surface area (Å²) in [5.41, 5.74) is 2.72. The molecule has 0 atom stereocenters. The molecule has 0 saturated heterocycles. The second-order valence-electron chi connectivity index (χ2n) is 5.19. The van der Waals surface area contributed by atoms with Crippen LogP contribution in [0.3, 0.4) is 0 Å². The molecule has 0 amide bonds. The van der Waals surface area contributed by atoms with Gasteiger partial charge in [-0.1, -0.05) is 24.3 Å². The van der Waals surface area contributed by atoms with E-state index in [0.29, 0.717) is 0 Å². The number of halogens is 3. The minimum atomic E-state index is 0. The third-order valence-electron chi connectivity index (χ3n) is 3.45. The molecule has 0 radical (unpaired) electrons. The zero-order valence-electron chi connectivity index (χ0n) is 12.0. The van der Waals surface area contributed by atoms with E-state index < -0.39 is 0 Å². The van der Waals surface area contributed by atoms with E-state index in [1.165, 1.54) is 18.3 Å². The molecular weight excluding hydrogens is 566 g/mol. The smallest absolute Gasteiger partial charge is 0.0900 e. The number of benzene rings is 2. The molecule has 2 nitrogen and oxygen atoms in total. The lowest BCUT2D eigenvalue weighted by Crippen LogP contribution is -2.24. The maximum Gasteiger partial charge on any atom is 0.0900 e. The molecule has 1 aliphatic heterocycles. The molecule has 0 aromatic heterocycles. The minimum absolute atomic E-state index is 0. The summed E-state index contributed by atoms with van der Waals surface area (Å²) >= 11 is 4.69. The predicted molar refractivity (Wildman–Crippen MR) is 114 cm³/mol. The average Bonchev–Trinajstić information content (AvgIpc) is 2.91. The first kappa shape index (κ1) is 18.1. The van der Waals surface area contributed by atoms with Crippen molar-refractivity contribution in [2.45, 2.75) is 13.1 Å². The van der Waals surface area contributed by atoms with Crippen LogP contribution >= 0.6 is 62.2 Å². The zero-order chi connectivity index (χ0) is 14.7. The Morgan fingerprint density at radius 3 is 1.41 bits per heavy atom. The van der Waals surface area contributed by atoms with Crippen LogP contribution in [-0.2, 0) is 13.1 Å². The lowest BCUT2D eigenvalue weighted by Gasteiger charge is -2.21. The highest BCUT2D eigenvalue weighted by atomic mass is 127. The highest BCUT2D eigenvalue weighted by molar-refractivity contribution is 14.1. The van der Waals surface area contributed by atoms with Gasteiger partial charge < -0.3 is 9.80 Å². The van der Waals surface area contributed by atoms with Crippen molar-refractivity contribution >= 4 is 62.2 Å². The van der Waals surface area contributed by atoms with Gasteiger partial charge in [-0.05, 0) is 80.6 Å². The Hall–Kier alpha value is -0.280. The monoisotopic (exact) mass is 582 g/mol. The average molecular weight is 583 g/mol. The van der Waals surface area contributed by atoms with Gasteiger partial charge in [0.25, 0.3) is 0 Å². The summed E-state index contributed by atoms with van der Waals surface area (Å²) < 4.78 is 2.57. The van der Waals surface area contributed by atoms with E-state index in [0.717, 1.165) is 19.8 Å². The summed E-state index contributed by atoms with van der Waals surface area (Å²) in [7, 11) is 0. The minimum Gasteiger partial charge on any atom is -0.354 e. The van der Waals surface area contributed by atoms with Crippen LogP contribution in [-0.4, -0.2) is 16.5 Å². The fourth-order valence-corrected chi connectivity index (χ4v) is 3.09. The van der Waals surface area contributed by atoms with Gasteiger partial charge >= 0.3 is 0 Å². The fourth-order valence-electron chi connectivity index (χ4n) is 2.37. The molecule has 0 fully saturated rings.